The molecule has 0 aromatic heterocycles. The molecule has 1 heterocycles. The number of methoxy groups -OCH3 is 1. The third-order valence-electron chi connectivity index (χ3n) is 3.35. The third-order valence-corrected chi connectivity index (χ3v) is 3.35. The molecule has 3 heteroatoms. The second-order valence-corrected chi connectivity index (χ2v) is 4.57. The van der Waals surface area contributed by atoms with Crippen molar-refractivity contribution in [1.82, 2.24) is 0 Å². The summed E-state index contributed by atoms with van der Waals surface area (Å²) >= 11 is 0. The van der Waals surface area contributed by atoms with E-state index in [4.69, 9.17) is 4.74 Å². The van der Waals surface area contributed by atoms with E-state index in [-0.39, 0.29) is 0 Å². The number of benzene rings is 2. The van der Waals surface area contributed by atoms with Crippen LogP contribution in [0.2, 0.25) is 0 Å². The molecular formula is C16H15NO2. The minimum absolute atomic E-state index is 0.506. The molecule has 0 spiro atoms. The predicted molar refractivity (Wildman–Crippen MR) is 75.2 cm³/mol. The first-order valence-corrected chi connectivity index (χ1v) is 6.27. The van der Waals surface area contributed by atoms with Gasteiger partial charge in [0.25, 0.3) is 0 Å². The highest BCUT2D eigenvalue weighted by Gasteiger charge is 2.21. The summed E-state index contributed by atoms with van der Waals surface area (Å²) in [6.45, 7) is 0. The zero-order chi connectivity index (χ0) is 13.2. The highest BCUT2D eigenvalue weighted by Crippen LogP contribution is 2.36. The number of aliphatic hydroxyl groups excluding tert-OH is 1. The number of nitrogens with zero attached hydrogens (tertiary/aromatic N) is 1. The maximum Gasteiger partial charge on any atom is 0.121 e. The molecule has 1 aliphatic heterocycles. The van der Waals surface area contributed by atoms with Crippen LogP contribution < -0.4 is 4.74 Å². The minimum Gasteiger partial charge on any atom is -0.497 e. The summed E-state index contributed by atoms with van der Waals surface area (Å²) in [7, 11) is 1.63. The maximum absolute atomic E-state index is 10.2. The fraction of sp³-hybridized carbons (Fsp3) is 0.188. The molecule has 0 saturated heterocycles. The molecule has 2 aromatic rings. The lowest BCUT2D eigenvalue weighted by molar-refractivity contribution is 0.185. The van der Waals surface area contributed by atoms with Gasteiger partial charge in [-0.15, -0.1) is 0 Å². The smallest absolute Gasteiger partial charge is 0.121 e. The van der Waals surface area contributed by atoms with Crippen molar-refractivity contribution in [1.29, 1.82) is 0 Å². The van der Waals surface area contributed by atoms with Crippen molar-refractivity contribution in [3.05, 3.63) is 59.7 Å². The third kappa shape index (κ3) is 2.25. The van der Waals surface area contributed by atoms with Gasteiger partial charge in [0.05, 0.1) is 24.6 Å². The predicted octanol–water partition coefficient (Wildman–Crippen LogP) is 3.25. The maximum atomic E-state index is 10.2. The lowest BCUT2D eigenvalue weighted by Crippen LogP contribution is -2.12. The molecule has 2 aromatic carbocycles. The largest absolute Gasteiger partial charge is 0.497 e. The summed E-state index contributed by atoms with van der Waals surface area (Å²) in [5, 5.41) is 10.2. The number of ether oxygens (including phenoxy) is 1. The lowest BCUT2D eigenvalue weighted by Gasteiger charge is -2.21. The Kier molecular flexibility index (Phi) is 3.05. The Balaban J connectivity index is 2.07. The summed E-state index contributed by atoms with van der Waals surface area (Å²) in [6, 6.07) is 15.5. The van der Waals surface area contributed by atoms with Gasteiger partial charge in [0.1, 0.15) is 5.75 Å². The van der Waals surface area contributed by atoms with E-state index in [1.165, 1.54) is 0 Å². The quantitative estimate of drug-likeness (QED) is 0.892. The van der Waals surface area contributed by atoms with E-state index in [1.807, 2.05) is 48.5 Å². The average Bonchev–Trinajstić information content (AvgIpc) is 2.47. The molecule has 0 aliphatic carbocycles. The van der Waals surface area contributed by atoms with Gasteiger partial charge in [-0.05, 0) is 11.6 Å². The Morgan fingerprint density at radius 1 is 1.16 bits per heavy atom. The molecule has 0 fully saturated rings. The number of fused-ring (bicyclic) bond motifs is 1. The van der Waals surface area contributed by atoms with E-state index in [0.717, 1.165) is 28.3 Å². The van der Waals surface area contributed by atoms with Gasteiger partial charge in [0.2, 0.25) is 0 Å². The standard InChI is InChI=1S/C16H15NO2/c1-19-12-7-8-13-15(9-12)17-14(10-16(13)18)11-5-3-2-4-6-11/h2-9,16,18H,10H2,1H3. The Morgan fingerprint density at radius 3 is 2.68 bits per heavy atom. The molecule has 1 atom stereocenters. The second-order valence-electron chi connectivity index (χ2n) is 4.57. The van der Waals surface area contributed by atoms with Gasteiger partial charge in [-0.25, -0.2) is 0 Å². The fourth-order valence-corrected chi connectivity index (χ4v) is 2.33. The second kappa shape index (κ2) is 4.86. The Morgan fingerprint density at radius 2 is 1.95 bits per heavy atom. The van der Waals surface area contributed by atoms with Crippen LogP contribution in [0.4, 0.5) is 5.69 Å². The van der Waals surface area contributed by atoms with Crippen molar-refractivity contribution in [3.63, 3.8) is 0 Å². The Labute approximate surface area is 112 Å². The van der Waals surface area contributed by atoms with Crippen LogP contribution in [0.15, 0.2) is 53.5 Å². The first kappa shape index (κ1) is 11.9. The molecule has 1 N–H and O–H groups in total. The minimum atomic E-state index is -0.506. The molecule has 96 valence electrons. The molecule has 19 heavy (non-hydrogen) atoms. The molecule has 3 rings (SSSR count). The highest BCUT2D eigenvalue weighted by molar-refractivity contribution is 6.03. The van der Waals surface area contributed by atoms with Crippen LogP contribution in [-0.2, 0) is 0 Å². The van der Waals surface area contributed by atoms with E-state index in [2.05, 4.69) is 4.99 Å². The first-order chi connectivity index (χ1) is 9.28. The van der Waals surface area contributed by atoms with Crippen molar-refractivity contribution in [2.75, 3.05) is 7.11 Å². The molecule has 3 nitrogen and oxygen atoms in total. The SMILES string of the molecule is COc1ccc2c(c1)N=C(c1ccccc1)CC2O. The van der Waals surface area contributed by atoms with Crippen LogP contribution in [0, 0.1) is 0 Å². The van der Waals surface area contributed by atoms with Crippen LogP contribution in [0.5, 0.6) is 5.75 Å². The summed E-state index contributed by atoms with van der Waals surface area (Å²) < 4.78 is 5.21. The molecule has 0 bridgehead atoms. The Hall–Kier alpha value is -2.13. The van der Waals surface area contributed by atoms with Gasteiger partial charge in [-0.3, -0.25) is 4.99 Å². The molecule has 0 saturated carbocycles. The van der Waals surface area contributed by atoms with Crippen molar-refractivity contribution in [3.8, 4) is 5.75 Å². The van der Waals surface area contributed by atoms with Crippen LogP contribution in [-0.4, -0.2) is 17.9 Å². The van der Waals surface area contributed by atoms with Crippen molar-refractivity contribution < 1.29 is 9.84 Å². The van der Waals surface area contributed by atoms with E-state index >= 15 is 0 Å². The molecule has 1 unspecified atom stereocenters. The van der Waals surface area contributed by atoms with Gasteiger partial charge >= 0.3 is 0 Å². The van der Waals surface area contributed by atoms with Crippen molar-refractivity contribution in [2.24, 2.45) is 4.99 Å². The summed E-state index contributed by atoms with van der Waals surface area (Å²) in [6.07, 6.45) is 0.0391. The number of hydrogen-bond acceptors (Lipinski definition) is 3. The number of aliphatic imine (C=N–C) groups is 1. The monoisotopic (exact) mass is 253 g/mol. The number of aliphatic hydroxyl groups is 1. The zero-order valence-corrected chi connectivity index (χ0v) is 10.7. The summed E-state index contributed by atoms with van der Waals surface area (Å²) in [5.74, 6) is 0.754. The van der Waals surface area contributed by atoms with Crippen LogP contribution >= 0.6 is 0 Å². The topological polar surface area (TPSA) is 41.8 Å². The van der Waals surface area contributed by atoms with Gasteiger partial charge in [-0.2, -0.15) is 0 Å². The lowest BCUT2D eigenvalue weighted by atomic mass is 9.95. The number of hydrogen-bond donors (Lipinski definition) is 1. The molecule has 1 aliphatic rings. The fourth-order valence-electron chi connectivity index (χ4n) is 2.33. The summed E-state index contributed by atoms with van der Waals surface area (Å²) in [4.78, 5) is 4.65. The van der Waals surface area contributed by atoms with Crippen LogP contribution in [0.1, 0.15) is 23.7 Å². The van der Waals surface area contributed by atoms with E-state index in [1.54, 1.807) is 7.11 Å². The Bertz CT molecular complexity index is 620. The van der Waals surface area contributed by atoms with Crippen LogP contribution in [0.25, 0.3) is 0 Å². The van der Waals surface area contributed by atoms with E-state index in [0.29, 0.717) is 6.42 Å². The normalized spacial score (nSPS) is 17.6. The van der Waals surface area contributed by atoms with Gasteiger partial charge in [0.15, 0.2) is 0 Å². The molecule has 0 radical (unpaired) electrons. The van der Waals surface area contributed by atoms with Crippen molar-refractivity contribution >= 4 is 11.4 Å². The first-order valence-electron chi connectivity index (χ1n) is 6.27. The van der Waals surface area contributed by atoms with Gasteiger partial charge < -0.3 is 9.84 Å². The van der Waals surface area contributed by atoms with E-state index in [9.17, 15) is 5.11 Å². The van der Waals surface area contributed by atoms with Gasteiger partial charge in [0, 0.05) is 18.1 Å². The molecular weight excluding hydrogens is 238 g/mol. The highest BCUT2D eigenvalue weighted by atomic mass is 16.5. The molecule has 0 amide bonds. The van der Waals surface area contributed by atoms with Crippen molar-refractivity contribution in [2.45, 2.75) is 12.5 Å². The van der Waals surface area contributed by atoms with E-state index < -0.39 is 6.10 Å². The van der Waals surface area contributed by atoms with Gasteiger partial charge in [-0.1, -0.05) is 36.4 Å². The number of rotatable bonds is 2. The average molecular weight is 253 g/mol. The van der Waals surface area contributed by atoms with Crippen LogP contribution in [0.3, 0.4) is 0 Å². The summed E-state index contributed by atoms with van der Waals surface area (Å²) in [5.41, 5.74) is 3.61. The zero-order valence-electron chi connectivity index (χ0n) is 10.7.